The number of methoxy groups -OCH3 is 2. The summed E-state index contributed by atoms with van der Waals surface area (Å²) in [5.74, 6) is 1.80. The highest BCUT2D eigenvalue weighted by atomic mass is 32.1. The number of thiophene rings is 1. The fourth-order valence-electron chi connectivity index (χ4n) is 3.63. The Balaban J connectivity index is 1.46. The van der Waals surface area contributed by atoms with Crippen molar-refractivity contribution in [3.63, 3.8) is 0 Å². The third-order valence-electron chi connectivity index (χ3n) is 5.16. The molecule has 3 heterocycles. The zero-order valence-electron chi connectivity index (χ0n) is 17.7. The van der Waals surface area contributed by atoms with Crippen molar-refractivity contribution in [1.29, 1.82) is 0 Å². The lowest BCUT2D eigenvalue weighted by Crippen LogP contribution is -2.36. The monoisotopic (exact) mass is 440 g/mol. The SMILES string of the molecule is CCc1nn(CC(=O)NCCc2ccc(OC)c(OC)c2)c(=O)c2cc3sccc3n12. The maximum absolute atomic E-state index is 12.9. The summed E-state index contributed by atoms with van der Waals surface area (Å²) in [6, 6.07) is 9.51. The van der Waals surface area contributed by atoms with Crippen LogP contribution < -0.4 is 20.3 Å². The first-order valence-electron chi connectivity index (χ1n) is 10.0. The molecule has 0 saturated heterocycles. The summed E-state index contributed by atoms with van der Waals surface area (Å²) >= 11 is 1.58. The largest absolute Gasteiger partial charge is 0.493 e. The van der Waals surface area contributed by atoms with Gasteiger partial charge in [-0.3, -0.25) is 14.0 Å². The molecule has 31 heavy (non-hydrogen) atoms. The van der Waals surface area contributed by atoms with Crippen LogP contribution >= 0.6 is 11.3 Å². The van der Waals surface area contributed by atoms with Crippen molar-refractivity contribution in [1.82, 2.24) is 19.5 Å². The van der Waals surface area contributed by atoms with Crippen molar-refractivity contribution in [3.8, 4) is 11.5 Å². The van der Waals surface area contributed by atoms with E-state index in [9.17, 15) is 9.59 Å². The average Bonchev–Trinajstić information content (AvgIpc) is 3.37. The van der Waals surface area contributed by atoms with Gasteiger partial charge >= 0.3 is 0 Å². The van der Waals surface area contributed by atoms with Crippen LogP contribution in [0.4, 0.5) is 0 Å². The van der Waals surface area contributed by atoms with Gasteiger partial charge in [0.15, 0.2) is 11.5 Å². The molecule has 0 aliphatic rings. The fourth-order valence-corrected chi connectivity index (χ4v) is 4.44. The van der Waals surface area contributed by atoms with E-state index in [2.05, 4.69) is 10.4 Å². The molecule has 0 spiro atoms. The number of ether oxygens (including phenoxy) is 2. The molecule has 3 aromatic heterocycles. The average molecular weight is 441 g/mol. The van der Waals surface area contributed by atoms with Crippen molar-refractivity contribution in [2.24, 2.45) is 0 Å². The number of hydrogen-bond acceptors (Lipinski definition) is 6. The van der Waals surface area contributed by atoms with Gasteiger partial charge in [0.25, 0.3) is 5.56 Å². The van der Waals surface area contributed by atoms with Crippen LogP contribution in [0.15, 0.2) is 40.5 Å². The van der Waals surface area contributed by atoms with Gasteiger partial charge in [0.1, 0.15) is 17.9 Å². The molecule has 0 radical (unpaired) electrons. The lowest BCUT2D eigenvalue weighted by atomic mass is 10.1. The zero-order chi connectivity index (χ0) is 22.0. The molecular weight excluding hydrogens is 416 g/mol. The topological polar surface area (TPSA) is 86.9 Å². The van der Waals surface area contributed by atoms with Crippen molar-refractivity contribution in [3.05, 3.63) is 57.5 Å². The minimum Gasteiger partial charge on any atom is -0.493 e. The highest BCUT2D eigenvalue weighted by molar-refractivity contribution is 7.17. The van der Waals surface area contributed by atoms with Crippen LogP contribution in [0.3, 0.4) is 0 Å². The molecule has 0 unspecified atom stereocenters. The first-order chi connectivity index (χ1) is 15.0. The number of carbonyl (C=O) groups excluding carboxylic acids is 1. The predicted octanol–water partition coefficient (Wildman–Crippen LogP) is 2.65. The number of carbonyl (C=O) groups is 1. The van der Waals surface area contributed by atoms with Gasteiger partial charge in [-0.15, -0.1) is 11.3 Å². The van der Waals surface area contributed by atoms with E-state index >= 15 is 0 Å². The van der Waals surface area contributed by atoms with Gasteiger partial charge in [-0.05, 0) is 41.6 Å². The molecule has 4 aromatic rings. The summed E-state index contributed by atoms with van der Waals surface area (Å²) in [7, 11) is 3.18. The molecule has 1 aromatic carbocycles. The molecule has 0 saturated carbocycles. The van der Waals surface area contributed by atoms with E-state index in [1.165, 1.54) is 4.68 Å². The minimum absolute atomic E-state index is 0.118. The second kappa shape index (κ2) is 8.81. The molecule has 162 valence electrons. The van der Waals surface area contributed by atoms with Crippen molar-refractivity contribution >= 4 is 33.0 Å². The van der Waals surface area contributed by atoms with Crippen LogP contribution in [0.1, 0.15) is 18.3 Å². The van der Waals surface area contributed by atoms with E-state index in [1.54, 1.807) is 25.6 Å². The fraction of sp³-hybridized carbons (Fsp3) is 0.318. The Hall–Kier alpha value is -3.33. The van der Waals surface area contributed by atoms with E-state index in [0.717, 1.165) is 21.6 Å². The summed E-state index contributed by atoms with van der Waals surface area (Å²) < 4.78 is 14.7. The van der Waals surface area contributed by atoms with Crippen LogP contribution in [0.5, 0.6) is 11.5 Å². The molecular formula is C22H24N4O4S. The molecule has 1 N–H and O–H groups in total. The number of benzene rings is 1. The van der Waals surface area contributed by atoms with E-state index in [1.807, 2.05) is 47.0 Å². The van der Waals surface area contributed by atoms with Crippen molar-refractivity contribution < 1.29 is 14.3 Å². The zero-order valence-corrected chi connectivity index (χ0v) is 18.5. The second-order valence-electron chi connectivity index (χ2n) is 7.06. The van der Waals surface area contributed by atoms with Gasteiger partial charge in [0.2, 0.25) is 5.91 Å². The lowest BCUT2D eigenvalue weighted by molar-refractivity contribution is -0.121. The van der Waals surface area contributed by atoms with Crippen LogP contribution in [-0.2, 0) is 24.2 Å². The Morgan fingerprint density at radius 2 is 1.94 bits per heavy atom. The molecule has 0 aliphatic carbocycles. The van der Waals surface area contributed by atoms with Gasteiger partial charge in [-0.2, -0.15) is 5.10 Å². The summed E-state index contributed by atoms with van der Waals surface area (Å²) in [5, 5.41) is 9.31. The molecule has 1 amide bonds. The Kier molecular flexibility index (Phi) is 5.94. The third kappa shape index (κ3) is 4.00. The third-order valence-corrected chi connectivity index (χ3v) is 6.02. The minimum atomic E-state index is -0.268. The molecule has 0 aliphatic heterocycles. The number of amides is 1. The number of nitrogens with zero attached hydrogens (tertiary/aromatic N) is 3. The second-order valence-corrected chi connectivity index (χ2v) is 8.00. The number of hydrogen-bond donors (Lipinski definition) is 1. The molecule has 4 rings (SSSR count). The Morgan fingerprint density at radius 3 is 2.68 bits per heavy atom. The van der Waals surface area contributed by atoms with Crippen LogP contribution in [-0.4, -0.2) is 40.9 Å². The van der Waals surface area contributed by atoms with E-state index < -0.39 is 0 Å². The first-order valence-corrected chi connectivity index (χ1v) is 10.9. The van der Waals surface area contributed by atoms with E-state index in [0.29, 0.717) is 36.4 Å². The first kappa shape index (κ1) is 20.9. The molecule has 0 fully saturated rings. The number of fused-ring (bicyclic) bond motifs is 3. The van der Waals surface area contributed by atoms with Crippen molar-refractivity contribution in [2.45, 2.75) is 26.3 Å². The Labute approximate surface area is 183 Å². The summed E-state index contributed by atoms with van der Waals surface area (Å²) in [5.41, 5.74) is 2.27. The standard InChI is InChI=1S/C22H24N4O4S/c1-4-20-24-25(22(28)16-12-19-15(26(16)20)8-10-31-19)13-21(27)23-9-7-14-5-6-17(29-2)18(11-14)30-3/h5-6,8,10-12H,4,7,9,13H2,1-3H3,(H,23,27). The van der Waals surface area contributed by atoms with Gasteiger partial charge in [0, 0.05) is 13.0 Å². The van der Waals surface area contributed by atoms with Gasteiger partial charge < -0.3 is 14.8 Å². The van der Waals surface area contributed by atoms with Crippen LogP contribution in [0.25, 0.3) is 15.7 Å². The Morgan fingerprint density at radius 1 is 1.13 bits per heavy atom. The lowest BCUT2D eigenvalue weighted by Gasteiger charge is -2.11. The van der Waals surface area contributed by atoms with Gasteiger partial charge in [0.05, 0.1) is 24.4 Å². The molecule has 8 nitrogen and oxygen atoms in total. The maximum Gasteiger partial charge on any atom is 0.291 e. The quantitative estimate of drug-likeness (QED) is 0.455. The number of rotatable bonds is 8. The van der Waals surface area contributed by atoms with E-state index in [4.69, 9.17) is 9.47 Å². The number of aryl methyl sites for hydroxylation is 1. The Bertz CT molecular complexity index is 1300. The number of aromatic nitrogens is 3. The normalized spacial score (nSPS) is 11.2. The molecule has 9 heteroatoms. The molecule has 0 bridgehead atoms. The summed E-state index contributed by atoms with van der Waals surface area (Å²) in [4.78, 5) is 25.4. The highest BCUT2D eigenvalue weighted by Gasteiger charge is 2.16. The summed E-state index contributed by atoms with van der Waals surface area (Å²) in [6.45, 7) is 2.30. The summed E-state index contributed by atoms with van der Waals surface area (Å²) in [6.07, 6.45) is 1.28. The maximum atomic E-state index is 12.9. The van der Waals surface area contributed by atoms with Gasteiger partial charge in [-0.25, -0.2) is 4.68 Å². The van der Waals surface area contributed by atoms with E-state index in [-0.39, 0.29) is 18.0 Å². The van der Waals surface area contributed by atoms with Crippen molar-refractivity contribution in [2.75, 3.05) is 20.8 Å². The van der Waals surface area contributed by atoms with Crippen LogP contribution in [0, 0.1) is 0 Å². The predicted molar refractivity (Wildman–Crippen MR) is 120 cm³/mol. The van der Waals surface area contributed by atoms with Crippen LogP contribution in [0.2, 0.25) is 0 Å². The van der Waals surface area contributed by atoms with Gasteiger partial charge in [-0.1, -0.05) is 13.0 Å². The smallest absolute Gasteiger partial charge is 0.291 e. The molecule has 0 atom stereocenters. The highest BCUT2D eigenvalue weighted by Crippen LogP contribution is 2.27. The number of nitrogens with one attached hydrogen (secondary N) is 1.